The van der Waals surface area contributed by atoms with Crippen LogP contribution in [0.5, 0.6) is 5.75 Å². The van der Waals surface area contributed by atoms with Crippen molar-refractivity contribution >= 4 is 39.5 Å². The number of ether oxygens (including phenoxy) is 1. The van der Waals surface area contributed by atoms with Gasteiger partial charge in [-0.15, -0.1) is 0 Å². The maximum absolute atomic E-state index is 16.0. The van der Waals surface area contributed by atoms with Gasteiger partial charge >= 0.3 is 6.03 Å². The van der Waals surface area contributed by atoms with E-state index in [1.165, 1.54) is 42.3 Å². The first-order valence-electron chi connectivity index (χ1n) is 14.0. The maximum atomic E-state index is 16.0. The highest BCUT2D eigenvalue weighted by atomic mass is 19.1. The Labute approximate surface area is 248 Å². The molecule has 0 spiro atoms. The molecule has 1 saturated heterocycles. The zero-order valence-electron chi connectivity index (χ0n) is 23.3. The molecule has 11 heteroatoms. The molecule has 2 aliphatic rings. The van der Waals surface area contributed by atoms with Crippen LogP contribution in [-0.2, 0) is 6.73 Å². The Morgan fingerprint density at radius 2 is 1.84 bits per heavy atom. The molecule has 2 N–H and O–H groups in total. The number of rotatable bonds is 4. The summed E-state index contributed by atoms with van der Waals surface area (Å²) in [5.74, 6) is -1.02. The van der Waals surface area contributed by atoms with E-state index in [1.807, 2.05) is 34.9 Å². The minimum atomic E-state index is -0.655. The Hall–Kier alpha value is -5.71. The number of amides is 3. The van der Waals surface area contributed by atoms with Crippen molar-refractivity contribution in [2.75, 3.05) is 25.0 Å². The number of carbonyl (C=O) groups is 2. The number of aromatic nitrogens is 2. The van der Waals surface area contributed by atoms with E-state index in [2.05, 4.69) is 10.6 Å². The molecule has 9 nitrogen and oxygen atoms in total. The second-order valence-corrected chi connectivity index (χ2v) is 10.6. The zero-order chi connectivity index (χ0) is 30.1. The first-order chi connectivity index (χ1) is 21.4. The predicted molar refractivity (Wildman–Crippen MR) is 160 cm³/mol. The summed E-state index contributed by atoms with van der Waals surface area (Å²) in [7, 11) is 1.49. The molecule has 0 bridgehead atoms. The lowest BCUT2D eigenvalue weighted by molar-refractivity contribution is 0.0964. The third-order valence-corrected chi connectivity index (χ3v) is 8.11. The van der Waals surface area contributed by atoms with Crippen molar-refractivity contribution in [3.63, 3.8) is 0 Å². The van der Waals surface area contributed by atoms with E-state index >= 15 is 4.39 Å². The first-order valence-corrected chi connectivity index (χ1v) is 14.0. The van der Waals surface area contributed by atoms with Gasteiger partial charge in [0.2, 0.25) is 0 Å². The standard InChI is InChI=1S/C33H23F2N5O4/c1-36-32(41)28-21-13-20(24(39-11-10-37-33(39)42)15-26(21)44-31(28)17-6-8-19(34)9-7-17)29-22(35)14-27-30(38-29)25-12-18-4-2-3-5-23(18)40(25)16-43-27/h2-9,12-15H,10-11,16H2,1H3,(H,36,41)(H,37,42). The van der Waals surface area contributed by atoms with E-state index in [9.17, 15) is 14.0 Å². The molecule has 0 aliphatic carbocycles. The SMILES string of the molecule is CNC(=O)c1c(-c2ccc(F)cc2)oc2cc(N3CCNC3=O)c(-c3nc4c(cc3F)OCn3c-4cc4ccccc43)cc12. The van der Waals surface area contributed by atoms with Gasteiger partial charge in [0.25, 0.3) is 5.91 Å². The van der Waals surface area contributed by atoms with Crippen LogP contribution in [0.3, 0.4) is 0 Å². The molecule has 0 radical (unpaired) electrons. The second kappa shape index (κ2) is 9.66. The average Bonchev–Trinajstić information content (AvgIpc) is 3.74. The largest absolute Gasteiger partial charge is 0.470 e. The van der Waals surface area contributed by atoms with Crippen LogP contribution in [0.25, 0.3) is 55.8 Å². The van der Waals surface area contributed by atoms with Crippen molar-refractivity contribution in [1.82, 2.24) is 20.2 Å². The summed E-state index contributed by atoms with van der Waals surface area (Å²) in [5, 5.41) is 6.79. The number of para-hydroxylation sites is 1. The number of halogens is 2. The smallest absolute Gasteiger partial charge is 0.322 e. The molecule has 44 heavy (non-hydrogen) atoms. The fourth-order valence-electron chi connectivity index (χ4n) is 6.04. The van der Waals surface area contributed by atoms with Gasteiger partial charge in [-0.3, -0.25) is 9.69 Å². The zero-order valence-corrected chi connectivity index (χ0v) is 23.3. The molecule has 3 aromatic heterocycles. The molecule has 0 unspecified atom stereocenters. The van der Waals surface area contributed by atoms with E-state index in [-0.39, 0.29) is 29.8 Å². The second-order valence-electron chi connectivity index (χ2n) is 10.6. The lowest BCUT2D eigenvalue weighted by Gasteiger charge is -2.23. The van der Waals surface area contributed by atoms with Crippen molar-refractivity contribution in [3.8, 4) is 39.7 Å². The number of hydrogen-bond acceptors (Lipinski definition) is 5. The van der Waals surface area contributed by atoms with Crippen LogP contribution < -0.4 is 20.3 Å². The molecule has 0 atom stereocenters. The number of nitrogens with one attached hydrogen (secondary N) is 2. The highest BCUT2D eigenvalue weighted by Gasteiger charge is 2.31. The highest BCUT2D eigenvalue weighted by molar-refractivity contribution is 6.13. The normalized spacial score (nSPS) is 14.0. The van der Waals surface area contributed by atoms with Crippen molar-refractivity contribution in [2.45, 2.75) is 6.73 Å². The molecular weight excluding hydrogens is 568 g/mol. The summed E-state index contributed by atoms with van der Waals surface area (Å²) >= 11 is 0. The van der Waals surface area contributed by atoms with Crippen LogP contribution in [0.4, 0.5) is 19.3 Å². The van der Waals surface area contributed by atoms with E-state index < -0.39 is 17.5 Å². The van der Waals surface area contributed by atoms with Gasteiger partial charge in [-0.2, -0.15) is 0 Å². The molecule has 5 heterocycles. The van der Waals surface area contributed by atoms with Crippen LogP contribution >= 0.6 is 0 Å². The number of hydrogen-bond donors (Lipinski definition) is 2. The third-order valence-electron chi connectivity index (χ3n) is 8.11. The molecule has 1 fully saturated rings. The highest BCUT2D eigenvalue weighted by Crippen LogP contribution is 2.44. The van der Waals surface area contributed by atoms with Gasteiger partial charge in [0.1, 0.15) is 28.5 Å². The van der Waals surface area contributed by atoms with E-state index in [4.69, 9.17) is 14.1 Å². The van der Waals surface area contributed by atoms with E-state index in [1.54, 1.807) is 12.1 Å². The van der Waals surface area contributed by atoms with Gasteiger partial charge in [0.15, 0.2) is 18.3 Å². The molecule has 2 aliphatic heterocycles. The summed E-state index contributed by atoms with van der Waals surface area (Å²) < 4.78 is 43.9. The molecule has 0 saturated carbocycles. The average molecular weight is 592 g/mol. The van der Waals surface area contributed by atoms with Gasteiger partial charge < -0.3 is 24.4 Å². The molecule has 8 rings (SSSR count). The fourth-order valence-corrected chi connectivity index (χ4v) is 6.04. The predicted octanol–water partition coefficient (Wildman–Crippen LogP) is 6.30. The van der Waals surface area contributed by atoms with E-state index in [0.717, 1.165) is 16.6 Å². The summed E-state index contributed by atoms with van der Waals surface area (Å²) in [6.45, 7) is 0.931. The number of fused-ring (bicyclic) bond motifs is 6. The number of benzene rings is 3. The molecule has 218 valence electrons. The van der Waals surface area contributed by atoms with Gasteiger partial charge in [0, 0.05) is 54.2 Å². The topological polar surface area (TPSA) is 102 Å². The quantitative estimate of drug-likeness (QED) is 0.251. The van der Waals surface area contributed by atoms with Crippen LogP contribution in [-0.4, -0.2) is 41.6 Å². The molecule has 3 amide bonds. The van der Waals surface area contributed by atoms with E-state index in [0.29, 0.717) is 52.3 Å². The molecule has 6 aromatic rings. The number of anilines is 1. The van der Waals surface area contributed by atoms with Crippen LogP contribution in [0.2, 0.25) is 0 Å². The summed E-state index contributed by atoms with van der Waals surface area (Å²) in [6.07, 6.45) is 0. The van der Waals surface area contributed by atoms with Crippen molar-refractivity contribution < 1.29 is 27.5 Å². The summed E-state index contributed by atoms with van der Waals surface area (Å²) in [5.41, 5.74) is 3.77. The molecular formula is C33H23F2N5O4. The summed E-state index contributed by atoms with van der Waals surface area (Å²) in [4.78, 5) is 32.4. The monoisotopic (exact) mass is 591 g/mol. The number of urea groups is 1. The van der Waals surface area contributed by atoms with Gasteiger partial charge in [-0.05, 0) is 42.5 Å². The van der Waals surface area contributed by atoms with Crippen LogP contribution in [0, 0.1) is 11.6 Å². The van der Waals surface area contributed by atoms with Crippen molar-refractivity contribution in [1.29, 1.82) is 0 Å². The third kappa shape index (κ3) is 3.85. The minimum absolute atomic E-state index is 0.0185. The lowest BCUT2D eigenvalue weighted by atomic mass is 9.99. The number of pyridine rings is 1. The Balaban J connectivity index is 1.40. The Morgan fingerprint density at radius 1 is 1.02 bits per heavy atom. The Bertz CT molecular complexity index is 2170. The minimum Gasteiger partial charge on any atom is -0.470 e. The fraction of sp³-hybridized carbons (Fsp3) is 0.121. The van der Waals surface area contributed by atoms with Crippen molar-refractivity contribution in [3.05, 3.63) is 90.0 Å². The van der Waals surface area contributed by atoms with Crippen LogP contribution in [0.1, 0.15) is 10.4 Å². The summed E-state index contributed by atoms with van der Waals surface area (Å²) in [6, 6.07) is 19.6. The Morgan fingerprint density at radius 3 is 2.61 bits per heavy atom. The van der Waals surface area contributed by atoms with Gasteiger partial charge in [-0.1, -0.05) is 18.2 Å². The van der Waals surface area contributed by atoms with Crippen LogP contribution in [0.15, 0.2) is 77.2 Å². The first kappa shape index (κ1) is 26.0. The van der Waals surface area contributed by atoms with Crippen molar-refractivity contribution in [2.24, 2.45) is 0 Å². The number of carbonyl (C=O) groups excluding carboxylic acids is 2. The maximum Gasteiger partial charge on any atom is 0.322 e. The van der Waals surface area contributed by atoms with Gasteiger partial charge in [0.05, 0.1) is 22.5 Å². The number of nitrogens with zero attached hydrogens (tertiary/aromatic N) is 3. The van der Waals surface area contributed by atoms with Gasteiger partial charge in [-0.25, -0.2) is 18.6 Å². The number of furan rings is 1. The molecule has 3 aromatic carbocycles. The lowest BCUT2D eigenvalue weighted by Crippen LogP contribution is -2.28. The Kier molecular flexibility index (Phi) is 5.70.